The van der Waals surface area contributed by atoms with E-state index in [0.29, 0.717) is 13.2 Å². The highest BCUT2D eigenvalue weighted by Crippen LogP contribution is 2.40. The van der Waals surface area contributed by atoms with E-state index < -0.39 is 0 Å². The van der Waals surface area contributed by atoms with Crippen molar-refractivity contribution >= 4 is 31.9 Å². The lowest BCUT2D eigenvalue weighted by Gasteiger charge is -2.20. The van der Waals surface area contributed by atoms with Gasteiger partial charge in [0.25, 0.3) is 0 Å². The normalized spacial score (nSPS) is 14.9. The molecular weight excluding hydrogens is 391 g/mol. The second-order valence-electron chi connectivity index (χ2n) is 4.43. The fraction of sp³-hybridized carbons (Fsp3) is 0.200. The summed E-state index contributed by atoms with van der Waals surface area (Å²) in [6.07, 6.45) is 0. The largest absolute Gasteiger partial charge is 0.486 e. The third-order valence-corrected chi connectivity index (χ3v) is 4.83. The summed E-state index contributed by atoms with van der Waals surface area (Å²) in [6.45, 7) is 1.12. The maximum Gasteiger partial charge on any atom is 0.161 e. The molecule has 0 aliphatic carbocycles. The molecule has 1 aliphatic heterocycles. The Morgan fingerprint density at radius 1 is 1.00 bits per heavy atom. The van der Waals surface area contributed by atoms with E-state index in [1.165, 1.54) is 12.1 Å². The summed E-state index contributed by atoms with van der Waals surface area (Å²) in [5.74, 6) is 1.22. The molecule has 1 heterocycles. The van der Waals surface area contributed by atoms with E-state index in [0.717, 1.165) is 27.1 Å². The van der Waals surface area contributed by atoms with Gasteiger partial charge < -0.3 is 9.47 Å². The van der Waals surface area contributed by atoms with Gasteiger partial charge in [-0.05, 0) is 41.5 Å². The number of hydrogen-bond acceptors (Lipinski definition) is 2. The predicted octanol–water partition coefficient (Wildman–Crippen LogP) is 4.84. The number of halogens is 3. The first-order valence-electron chi connectivity index (χ1n) is 6.14. The predicted molar refractivity (Wildman–Crippen MR) is 82.3 cm³/mol. The number of ether oxygens (including phenoxy) is 2. The van der Waals surface area contributed by atoms with Crippen LogP contribution in [-0.4, -0.2) is 13.2 Å². The molecular formula is C15H11Br2FO2. The van der Waals surface area contributed by atoms with Crippen LogP contribution in [0.4, 0.5) is 4.39 Å². The van der Waals surface area contributed by atoms with Crippen LogP contribution in [0, 0.1) is 5.82 Å². The van der Waals surface area contributed by atoms with Crippen molar-refractivity contribution in [2.24, 2.45) is 0 Å². The smallest absolute Gasteiger partial charge is 0.161 e. The van der Waals surface area contributed by atoms with Crippen LogP contribution < -0.4 is 9.47 Å². The van der Waals surface area contributed by atoms with Crippen molar-refractivity contribution in [1.82, 2.24) is 0 Å². The van der Waals surface area contributed by atoms with Crippen molar-refractivity contribution in [3.8, 4) is 11.5 Å². The lowest BCUT2D eigenvalue weighted by atomic mass is 10.0. The fourth-order valence-electron chi connectivity index (χ4n) is 2.11. The van der Waals surface area contributed by atoms with Crippen LogP contribution in [0.5, 0.6) is 11.5 Å². The minimum absolute atomic E-state index is 0.122. The first-order valence-corrected chi connectivity index (χ1v) is 7.84. The molecule has 5 heteroatoms. The Morgan fingerprint density at radius 2 is 1.75 bits per heavy atom. The van der Waals surface area contributed by atoms with Crippen LogP contribution in [0.3, 0.4) is 0 Å². The van der Waals surface area contributed by atoms with Crippen molar-refractivity contribution in [2.75, 3.05) is 13.2 Å². The molecule has 3 rings (SSSR count). The Labute approximate surface area is 133 Å². The number of alkyl halides is 1. The summed E-state index contributed by atoms with van der Waals surface area (Å²) in [4.78, 5) is -0.122. The molecule has 2 aromatic rings. The first kappa shape index (κ1) is 13.9. The molecule has 0 fully saturated rings. The van der Waals surface area contributed by atoms with Gasteiger partial charge in [0.15, 0.2) is 11.5 Å². The number of hydrogen-bond donors (Lipinski definition) is 0. The Kier molecular flexibility index (Phi) is 3.98. The van der Waals surface area contributed by atoms with Crippen LogP contribution in [0.2, 0.25) is 0 Å². The highest BCUT2D eigenvalue weighted by atomic mass is 79.9. The molecule has 0 bridgehead atoms. The van der Waals surface area contributed by atoms with Gasteiger partial charge in [0.2, 0.25) is 0 Å². The zero-order valence-corrected chi connectivity index (χ0v) is 13.6. The van der Waals surface area contributed by atoms with Gasteiger partial charge in [-0.2, -0.15) is 0 Å². The van der Waals surface area contributed by atoms with E-state index in [-0.39, 0.29) is 10.6 Å². The van der Waals surface area contributed by atoms with Crippen molar-refractivity contribution in [3.63, 3.8) is 0 Å². The standard InChI is InChI=1S/C15H11Br2FO2/c16-12-3-2-10(18)8-11(12)15(17)9-1-4-13-14(7-9)20-6-5-19-13/h1-4,7-8,15H,5-6H2. The number of benzene rings is 2. The molecule has 2 nitrogen and oxygen atoms in total. The molecule has 1 aliphatic rings. The van der Waals surface area contributed by atoms with Gasteiger partial charge in [0.05, 0.1) is 4.83 Å². The van der Waals surface area contributed by atoms with Gasteiger partial charge in [-0.15, -0.1) is 0 Å². The Hall–Kier alpha value is -1.07. The summed E-state index contributed by atoms with van der Waals surface area (Å²) in [5, 5.41) is 0. The average molecular weight is 402 g/mol. The van der Waals surface area contributed by atoms with Gasteiger partial charge >= 0.3 is 0 Å². The molecule has 0 saturated carbocycles. The topological polar surface area (TPSA) is 18.5 Å². The van der Waals surface area contributed by atoms with Crippen molar-refractivity contribution in [3.05, 3.63) is 57.8 Å². The molecule has 1 atom stereocenters. The van der Waals surface area contributed by atoms with Crippen LogP contribution >= 0.6 is 31.9 Å². The fourth-order valence-corrected chi connectivity index (χ4v) is 3.55. The van der Waals surface area contributed by atoms with Crippen LogP contribution in [-0.2, 0) is 0 Å². The Bertz CT molecular complexity index is 646. The van der Waals surface area contributed by atoms with Crippen molar-refractivity contribution < 1.29 is 13.9 Å². The summed E-state index contributed by atoms with van der Waals surface area (Å²) < 4.78 is 25.3. The van der Waals surface area contributed by atoms with Crippen molar-refractivity contribution in [1.29, 1.82) is 0 Å². The van der Waals surface area contributed by atoms with Gasteiger partial charge in [0, 0.05) is 4.47 Å². The van der Waals surface area contributed by atoms with Gasteiger partial charge in [-0.1, -0.05) is 37.9 Å². The van der Waals surface area contributed by atoms with E-state index in [2.05, 4.69) is 31.9 Å². The maximum atomic E-state index is 13.4. The molecule has 0 spiro atoms. The van der Waals surface area contributed by atoms with E-state index in [1.807, 2.05) is 18.2 Å². The highest BCUT2D eigenvalue weighted by molar-refractivity contribution is 9.11. The Balaban J connectivity index is 1.97. The van der Waals surface area contributed by atoms with E-state index in [1.54, 1.807) is 6.07 Å². The van der Waals surface area contributed by atoms with E-state index in [4.69, 9.17) is 9.47 Å². The van der Waals surface area contributed by atoms with Crippen LogP contribution in [0.15, 0.2) is 40.9 Å². The quantitative estimate of drug-likeness (QED) is 0.670. The zero-order valence-electron chi connectivity index (χ0n) is 10.4. The van der Waals surface area contributed by atoms with E-state index >= 15 is 0 Å². The summed E-state index contributed by atoms with van der Waals surface area (Å²) in [7, 11) is 0. The third kappa shape index (κ3) is 2.69. The average Bonchev–Trinajstić information content (AvgIpc) is 2.48. The minimum atomic E-state index is -0.259. The second-order valence-corrected chi connectivity index (χ2v) is 6.20. The second kappa shape index (κ2) is 5.74. The van der Waals surface area contributed by atoms with E-state index in [9.17, 15) is 4.39 Å². The van der Waals surface area contributed by atoms with Gasteiger partial charge in [0.1, 0.15) is 19.0 Å². The van der Waals surface area contributed by atoms with Gasteiger partial charge in [-0.25, -0.2) is 4.39 Å². The molecule has 0 N–H and O–H groups in total. The molecule has 2 aromatic carbocycles. The van der Waals surface area contributed by atoms with Gasteiger partial charge in [-0.3, -0.25) is 0 Å². The maximum absolute atomic E-state index is 13.4. The van der Waals surface area contributed by atoms with Crippen molar-refractivity contribution in [2.45, 2.75) is 4.83 Å². The molecule has 0 aromatic heterocycles. The molecule has 1 unspecified atom stereocenters. The first-order chi connectivity index (χ1) is 9.65. The molecule has 0 saturated heterocycles. The molecule has 104 valence electrons. The summed E-state index contributed by atoms with van der Waals surface area (Å²) in [5.41, 5.74) is 1.82. The number of fused-ring (bicyclic) bond motifs is 1. The Morgan fingerprint density at radius 3 is 2.55 bits per heavy atom. The van der Waals surface area contributed by atoms with Crippen LogP contribution in [0.1, 0.15) is 16.0 Å². The lowest BCUT2D eigenvalue weighted by Crippen LogP contribution is -2.15. The third-order valence-electron chi connectivity index (χ3n) is 3.09. The zero-order chi connectivity index (χ0) is 14.1. The molecule has 0 amide bonds. The SMILES string of the molecule is Fc1ccc(Br)c(C(Br)c2ccc3c(c2)OCCO3)c1. The molecule has 20 heavy (non-hydrogen) atoms. The number of rotatable bonds is 2. The monoisotopic (exact) mass is 400 g/mol. The van der Waals surface area contributed by atoms with Crippen LogP contribution in [0.25, 0.3) is 0 Å². The summed E-state index contributed by atoms with van der Waals surface area (Å²) in [6, 6.07) is 10.4. The minimum Gasteiger partial charge on any atom is -0.486 e. The molecule has 0 radical (unpaired) electrons. The summed E-state index contributed by atoms with van der Waals surface area (Å²) >= 11 is 7.06. The highest BCUT2D eigenvalue weighted by Gasteiger charge is 2.18. The lowest BCUT2D eigenvalue weighted by molar-refractivity contribution is 0.171.